The minimum atomic E-state index is 0.0843. The first-order valence-electron chi connectivity index (χ1n) is 10.8. The molecule has 0 aromatic carbocycles. The number of hydrogen-bond donors (Lipinski definition) is 0. The van der Waals surface area contributed by atoms with Crippen LogP contribution in [0.4, 0.5) is 0 Å². The van der Waals surface area contributed by atoms with Gasteiger partial charge < -0.3 is 14.4 Å². The average molecular weight is 376 g/mol. The van der Waals surface area contributed by atoms with E-state index >= 15 is 0 Å². The predicted molar refractivity (Wildman–Crippen MR) is 102 cm³/mol. The van der Waals surface area contributed by atoms with E-state index in [4.69, 9.17) is 14.6 Å². The van der Waals surface area contributed by atoms with Crippen LogP contribution in [0, 0.1) is 5.92 Å². The van der Waals surface area contributed by atoms with Crippen LogP contribution >= 0.6 is 0 Å². The van der Waals surface area contributed by atoms with Crippen molar-refractivity contribution in [3.8, 4) is 0 Å². The standard InChI is InChI=1S/C21H33N3O3/c1-2-26-15-20(25)23-11-6-9-19(23)21-17-14-27-12-10-18(17)24(22-21)13-16-7-4-3-5-8-16/h16,19H,2-15H2,1H3/t19-/m0/s1. The van der Waals surface area contributed by atoms with Crippen molar-refractivity contribution in [2.24, 2.45) is 5.92 Å². The summed E-state index contributed by atoms with van der Waals surface area (Å²) in [5, 5.41) is 5.08. The Morgan fingerprint density at radius 2 is 2.07 bits per heavy atom. The van der Waals surface area contributed by atoms with Gasteiger partial charge in [-0.05, 0) is 38.5 Å². The molecular formula is C21H33N3O3. The summed E-state index contributed by atoms with van der Waals surface area (Å²) < 4.78 is 13.4. The van der Waals surface area contributed by atoms with E-state index in [0.29, 0.717) is 13.2 Å². The summed E-state index contributed by atoms with van der Waals surface area (Å²) in [6.45, 7) is 5.93. The summed E-state index contributed by atoms with van der Waals surface area (Å²) in [7, 11) is 0. The Labute approximate surface area is 162 Å². The molecule has 6 heteroatoms. The second kappa shape index (κ2) is 8.74. The SMILES string of the molecule is CCOCC(=O)N1CCC[C@H]1c1nn(CC2CCCCC2)c2c1COCC2. The topological polar surface area (TPSA) is 56.6 Å². The highest BCUT2D eigenvalue weighted by Gasteiger charge is 2.35. The summed E-state index contributed by atoms with van der Waals surface area (Å²) in [6.07, 6.45) is 9.70. The minimum absolute atomic E-state index is 0.0843. The molecule has 0 N–H and O–H groups in total. The smallest absolute Gasteiger partial charge is 0.249 e. The molecule has 1 amide bonds. The van der Waals surface area contributed by atoms with Gasteiger partial charge in [0.25, 0.3) is 0 Å². The van der Waals surface area contributed by atoms with Crippen molar-refractivity contribution in [1.82, 2.24) is 14.7 Å². The number of likely N-dealkylation sites (tertiary alicyclic amines) is 1. The highest BCUT2D eigenvalue weighted by Crippen LogP contribution is 2.36. The van der Waals surface area contributed by atoms with E-state index < -0.39 is 0 Å². The highest BCUT2D eigenvalue weighted by atomic mass is 16.5. The van der Waals surface area contributed by atoms with Crippen LogP contribution in [-0.2, 0) is 33.8 Å². The molecule has 1 aromatic heterocycles. The Morgan fingerprint density at radius 3 is 2.89 bits per heavy atom. The van der Waals surface area contributed by atoms with Crippen LogP contribution in [-0.4, -0.2) is 47.0 Å². The zero-order valence-electron chi connectivity index (χ0n) is 16.6. The highest BCUT2D eigenvalue weighted by molar-refractivity contribution is 5.78. The molecule has 3 aliphatic rings. The number of carbonyl (C=O) groups is 1. The van der Waals surface area contributed by atoms with Crippen molar-refractivity contribution in [1.29, 1.82) is 0 Å². The first kappa shape index (κ1) is 18.9. The molecule has 3 heterocycles. The van der Waals surface area contributed by atoms with Crippen LogP contribution in [0.5, 0.6) is 0 Å². The van der Waals surface area contributed by atoms with Crippen molar-refractivity contribution >= 4 is 5.91 Å². The number of ether oxygens (including phenoxy) is 2. The summed E-state index contributed by atoms with van der Waals surface area (Å²) >= 11 is 0. The molecule has 0 spiro atoms. The van der Waals surface area contributed by atoms with Crippen molar-refractivity contribution in [3.63, 3.8) is 0 Å². The van der Waals surface area contributed by atoms with Crippen LogP contribution in [0.2, 0.25) is 0 Å². The molecular weight excluding hydrogens is 342 g/mol. The Hall–Kier alpha value is -1.40. The van der Waals surface area contributed by atoms with Crippen LogP contribution < -0.4 is 0 Å². The lowest BCUT2D eigenvalue weighted by Crippen LogP contribution is -2.34. The predicted octanol–water partition coefficient (Wildman–Crippen LogP) is 3.24. The third kappa shape index (κ3) is 4.06. The average Bonchev–Trinajstić information content (AvgIpc) is 3.32. The Bertz CT molecular complexity index is 651. The van der Waals surface area contributed by atoms with Gasteiger partial charge in [-0.25, -0.2) is 0 Å². The van der Waals surface area contributed by atoms with E-state index in [1.807, 2.05) is 11.8 Å². The van der Waals surface area contributed by atoms with Gasteiger partial charge >= 0.3 is 0 Å². The molecule has 1 saturated heterocycles. The van der Waals surface area contributed by atoms with Crippen LogP contribution in [0.1, 0.15) is 74.9 Å². The lowest BCUT2D eigenvalue weighted by Gasteiger charge is -2.25. The monoisotopic (exact) mass is 375 g/mol. The molecule has 4 rings (SSSR count). The van der Waals surface area contributed by atoms with Gasteiger partial charge in [0.2, 0.25) is 5.91 Å². The number of aromatic nitrogens is 2. The largest absolute Gasteiger partial charge is 0.376 e. The molecule has 6 nitrogen and oxygen atoms in total. The van der Waals surface area contributed by atoms with Gasteiger partial charge in [-0.3, -0.25) is 9.48 Å². The fourth-order valence-electron chi connectivity index (χ4n) is 4.99. The van der Waals surface area contributed by atoms with E-state index in [1.54, 1.807) is 0 Å². The molecule has 27 heavy (non-hydrogen) atoms. The molecule has 1 aliphatic carbocycles. The molecule has 1 atom stereocenters. The zero-order chi connectivity index (χ0) is 18.6. The number of rotatable bonds is 6. The van der Waals surface area contributed by atoms with Gasteiger partial charge in [0.1, 0.15) is 6.61 Å². The molecule has 0 bridgehead atoms. The summed E-state index contributed by atoms with van der Waals surface area (Å²) in [6, 6.07) is 0.0843. The van der Waals surface area contributed by atoms with Crippen molar-refractivity contribution in [2.75, 3.05) is 26.4 Å². The molecule has 0 unspecified atom stereocenters. The van der Waals surface area contributed by atoms with Crippen molar-refractivity contribution in [2.45, 2.75) is 77.5 Å². The second-order valence-electron chi connectivity index (χ2n) is 8.18. The van der Waals surface area contributed by atoms with E-state index in [1.165, 1.54) is 43.4 Å². The fraction of sp³-hybridized carbons (Fsp3) is 0.810. The first-order valence-corrected chi connectivity index (χ1v) is 10.8. The molecule has 1 saturated carbocycles. The maximum atomic E-state index is 12.6. The van der Waals surface area contributed by atoms with E-state index in [2.05, 4.69) is 4.68 Å². The third-order valence-electron chi connectivity index (χ3n) is 6.40. The summed E-state index contributed by atoms with van der Waals surface area (Å²) in [5.74, 6) is 0.837. The van der Waals surface area contributed by atoms with Gasteiger partial charge in [-0.1, -0.05) is 19.3 Å². The zero-order valence-corrected chi connectivity index (χ0v) is 16.6. The molecule has 150 valence electrons. The molecule has 2 fully saturated rings. The van der Waals surface area contributed by atoms with E-state index in [0.717, 1.165) is 50.6 Å². The van der Waals surface area contributed by atoms with Crippen molar-refractivity contribution in [3.05, 3.63) is 17.0 Å². The molecule has 2 aliphatic heterocycles. The summed E-state index contributed by atoms with van der Waals surface area (Å²) in [5.41, 5.74) is 3.69. The number of carbonyl (C=O) groups excluding carboxylic acids is 1. The van der Waals surface area contributed by atoms with Crippen LogP contribution in [0.25, 0.3) is 0 Å². The Kier molecular flexibility index (Phi) is 6.13. The van der Waals surface area contributed by atoms with Crippen molar-refractivity contribution < 1.29 is 14.3 Å². The minimum Gasteiger partial charge on any atom is -0.376 e. The Morgan fingerprint density at radius 1 is 1.22 bits per heavy atom. The van der Waals surface area contributed by atoms with E-state index in [9.17, 15) is 4.79 Å². The number of nitrogens with zero attached hydrogens (tertiary/aromatic N) is 3. The normalized spacial score (nSPS) is 23.6. The molecule has 0 radical (unpaired) electrons. The van der Waals surface area contributed by atoms with Gasteiger partial charge in [-0.15, -0.1) is 0 Å². The fourth-order valence-corrected chi connectivity index (χ4v) is 4.99. The second-order valence-corrected chi connectivity index (χ2v) is 8.18. The van der Waals surface area contributed by atoms with Crippen LogP contribution in [0.3, 0.4) is 0 Å². The van der Waals surface area contributed by atoms with Gasteiger partial charge in [0, 0.05) is 37.4 Å². The first-order chi connectivity index (χ1) is 13.3. The van der Waals surface area contributed by atoms with Crippen LogP contribution in [0.15, 0.2) is 0 Å². The number of hydrogen-bond acceptors (Lipinski definition) is 4. The lowest BCUT2D eigenvalue weighted by atomic mass is 9.89. The quantitative estimate of drug-likeness (QED) is 0.766. The lowest BCUT2D eigenvalue weighted by molar-refractivity contribution is -0.137. The summed E-state index contributed by atoms with van der Waals surface area (Å²) in [4.78, 5) is 14.6. The number of amides is 1. The maximum absolute atomic E-state index is 12.6. The third-order valence-corrected chi connectivity index (χ3v) is 6.40. The van der Waals surface area contributed by atoms with Gasteiger partial charge in [0.05, 0.1) is 24.9 Å². The Balaban J connectivity index is 1.57. The number of fused-ring (bicyclic) bond motifs is 1. The van der Waals surface area contributed by atoms with Gasteiger partial charge in [-0.2, -0.15) is 5.10 Å². The maximum Gasteiger partial charge on any atom is 0.249 e. The van der Waals surface area contributed by atoms with Gasteiger partial charge in [0.15, 0.2) is 0 Å². The van der Waals surface area contributed by atoms with E-state index in [-0.39, 0.29) is 18.6 Å². The molecule has 1 aromatic rings.